The third kappa shape index (κ3) is 5.65. The first-order valence-corrected chi connectivity index (χ1v) is 5.84. The number of phenolic OH excluding ortho intramolecular Hbond substituents is 1. The number of carboxylic acids is 1. The average molecular weight is 252 g/mol. The molecule has 1 rings (SSSR count). The first kappa shape index (κ1) is 14.5. The topological polar surface area (TPSA) is 64.0 Å². The quantitative estimate of drug-likeness (QED) is 0.753. The highest BCUT2D eigenvalue weighted by Crippen LogP contribution is 2.11. The van der Waals surface area contributed by atoms with E-state index in [-0.39, 0.29) is 12.3 Å². The summed E-state index contributed by atoms with van der Waals surface area (Å²) >= 11 is 0. The Morgan fingerprint density at radius 3 is 2.28 bits per heavy atom. The lowest BCUT2D eigenvalue weighted by Gasteiger charge is -2.22. The van der Waals surface area contributed by atoms with Gasteiger partial charge in [-0.2, -0.15) is 0 Å². The third-order valence-electron chi connectivity index (χ3n) is 2.56. The van der Waals surface area contributed by atoms with Crippen molar-refractivity contribution in [2.24, 2.45) is 0 Å². The van der Waals surface area contributed by atoms with Gasteiger partial charge in [0.05, 0.1) is 6.54 Å². The van der Waals surface area contributed by atoms with Crippen LogP contribution in [-0.4, -0.2) is 59.7 Å². The fraction of sp³-hybridized carbons (Fsp3) is 0.462. The van der Waals surface area contributed by atoms with Gasteiger partial charge in [-0.3, -0.25) is 9.69 Å². The third-order valence-corrected chi connectivity index (χ3v) is 2.56. The van der Waals surface area contributed by atoms with E-state index in [2.05, 4.69) is 0 Å². The molecule has 1 aromatic carbocycles. The number of rotatable bonds is 7. The van der Waals surface area contributed by atoms with Crippen LogP contribution >= 0.6 is 0 Å². The van der Waals surface area contributed by atoms with Crippen molar-refractivity contribution in [1.82, 2.24) is 9.80 Å². The highest BCUT2D eigenvalue weighted by Gasteiger charge is 2.10. The minimum absolute atomic E-state index is 0.0225. The second-order valence-corrected chi connectivity index (χ2v) is 4.57. The van der Waals surface area contributed by atoms with E-state index in [1.807, 2.05) is 23.9 Å². The fourth-order valence-corrected chi connectivity index (χ4v) is 1.61. The monoisotopic (exact) mass is 252 g/mol. The van der Waals surface area contributed by atoms with Crippen molar-refractivity contribution >= 4 is 5.97 Å². The summed E-state index contributed by atoms with van der Waals surface area (Å²) in [7, 11) is 3.92. The Hall–Kier alpha value is -1.59. The normalized spacial score (nSPS) is 11.1. The molecule has 5 heteroatoms. The number of phenols is 1. The molecule has 5 nitrogen and oxygen atoms in total. The maximum Gasteiger partial charge on any atom is 0.317 e. The van der Waals surface area contributed by atoms with Crippen LogP contribution in [0.15, 0.2) is 24.3 Å². The van der Waals surface area contributed by atoms with Crippen LogP contribution < -0.4 is 0 Å². The molecule has 18 heavy (non-hydrogen) atoms. The Bertz CT molecular complexity index is 376. The van der Waals surface area contributed by atoms with Gasteiger partial charge in [-0.15, -0.1) is 0 Å². The van der Waals surface area contributed by atoms with Gasteiger partial charge < -0.3 is 15.1 Å². The summed E-state index contributed by atoms with van der Waals surface area (Å²) in [5, 5.41) is 18.1. The molecule has 0 aliphatic carbocycles. The van der Waals surface area contributed by atoms with Gasteiger partial charge in [-0.1, -0.05) is 12.1 Å². The standard InChI is InChI=1S/C13H20N2O3/c1-14(2)7-8-15(10-13(17)18)9-11-3-5-12(16)6-4-11/h3-6,16H,7-10H2,1-2H3,(H,17,18). The van der Waals surface area contributed by atoms with Crippen LogP contribution in [0.4, 0.5) is 0 Å². The van der Waals surface area contributed by atoms with Crippen LogP contribution in [0.2, 0.25) is 0 Å². The molecule has 0 bridgehead atoms. The van der Waals surface area contributed by atoms with Gasteiger partial charge in [-0.05, 0) is 31.8 Å². The van der Waals surface area contributed by atoms with E-state index in [4.69, 9.17) is 5.11 Å². The van der Waals surface area contributed by atoms with Crippen LogP contribution in [0.25, 0.3) is 0 Å². The number of carboxylic acid groups (broad SMARTS) is 1. The van der Waals surface area contributed by atoms with E-state index in [0.717, 1.165) is 12.1 Å². The number of hydrogen-bond donors (Lipinski definition) is 2. The molecule has 0 unspecified atom stereocenters. The van der Waals surface area contributed by atoms with Gasteiger partial charge in [0.25, 0.3) is 0 Å². The number of likely N-dealkylation sites (N-methyl/N-ethyl adjacent to an activating group) is 1. The Morgan fingerprint density at radius 1 is 1.17 bits per heavy atom. The van der Waals surface area contributed by atoms with Gasteiger partial charge >= 0.3 is 5.97 Å². The summed E-state index contributed by atoms with van der Waals surface area (Å²) in [5.74, 6) is -0.607. The van der Waals surface area contributed by atoms with E-state index in [9.17, 15) is 9.90 Å². The van der Waals surface area contributed by atoms with Crippen molar-refractivity contribution in [1.29, 1.82) is 0 Å². The average Bonchev–Trinajstić information content (AvgIpc) is 2.28. The summed E-state index contributed by atoms with van der Waals surface area (Å²) in [6, 6.07) is 6.83. The smallest absolute Gasteiger partial charge is 0.317 e. The largest absolute Gasteiger partial charge is 0.508 e. The van der Waals surface area contributed by atoms with E-state index in [1.54, 1.807) is 24.3 Å². The van der Waals surface area contributed by atoms with Gasteiger partial charge in [0, 0.05) is 19.6 Å². The lowest BCUT2D eigenvalue weighted by atomic mass is 10.2. The number of nitrogens with zero attached hydrogens (tertiary/aromatic N) is 2. The van der Waals surface area contributed by atoms with Crippen LogP contribution in [0.5, 0.6) is 5.75 Å². The second kappa shape index (κ2) is 6.98. The molecule has 0 aromatic heterocycles. The number of hydrogen-bond acceptors (Lipinski definition) is 4. The summed E-state index contributed by atoms with van der Waals surface area (Å²) in [6.07, 6.45) is 0. The highest BCUT2D eigenvalue weighted by molar-refractivity contribution is 5.69. The summed E-state index contributed by atoms with van der Waals surface area (Å²) in [4.78, 5) is 14.7. The van der Waals surface area contributed by atoms with E-state index in [1.165, 1.54) is 0 Å². The summed E-state index contributed by atoms with van der Waals surface area (Å²) in [5.41, 5.74) is 0.993. The van der Waals surface area contributed by atoms with Crippen molar-refractivity contribution in [3.8, 4) is 5.75 Å². The highest BCUT2D eigenvalue weighted by atomic mass is 16.4. The first-order valence-electron chi connectivity index (χ1n) is 5.84. The van der Waals surface area contributed by atoms with Crippen molar-refractivity contribution in [2.75, 3.05) is 33.7 Å². The molecule has 0 saturated heterocycles. The Balaban J connectivity index is 2.59. The second-order valence-electron chi connectivity index (χ2n) is 4.57. The number of aliphatic carboxylic acids is 1. The lowest BCUT2D eigenvalue weighted by molar-refractivity contribution is -0.138. The van der Waals surface area contributed by atoms with Crippen molar-refractivity contribution in [3.63, 3.8) is 0 Å². The Kier molecular flexibility index (Phi) is 5.61. The molecular weight excluding hydrogens is 232 g/mol. The zero-order valence-electron chi connectivity index (χ0n) is 10.8. The van der Waals surface area contributed by atoms with Crippen LogP contribution in [0, 0.1) is 0 Å². The molecule has 0 saturated carbocycles. The van der Waals surface area contributed by atoms with Gasteiger partial charge in [0.15, 0.2) is 0 Å². The molecule has 0 aliphatic heterocycles. The molecule has 0 atom stereocenters. The molecule has 0 fully saturated rings. The van der Waals surface area contributed by atoms with Crippen molar-refractivity contribution in [3.05, 3.63) is 29.8 Å². The molecule has 0 radical (unpaired) electrons. The summed E-state index contributed by atoms with van der Waals surface area (Å²) in [6.45, 7) is 2.10. The summed E-state index contributed by atoms with van der Waals surface area (Å²) < 4.78 is 0. The minimum atomic E-state index is -0.826. The SMILES string of the molecule is CN(C)CCN(CC(=O)O)Cc1ccc(O)cc1. The van der Waals surface area contributed by atoms with E-state index < -0.39 is 5.97 Å². The first-order chi connectivity index (χ1) is 8.47. The van der Waals surface area contributed by atoms with Crippen LogP contribution in [0.3, 0.4) is 0 Å². The molecular formula is C13H20N2O3. The van der Waals surface area contributed by atoms with Gasteiger partial charge in [0.2, 0.25) is 0 Å². The van der Waals surface area contributed by atoms with E-state index in [0.29, 0.717) is 13.1 Å². The number of aromatic hydroxyl groups is 1. The van der Waals surface area contributed by atoms with Crippen molar-refractivity contribution in [2.45, 2.75) is 6.54 Å². The molecule has 0 spiro atoms. The maximum absolute atomic E-state index is 10.8. The van der Waals surface area contributed by atoms with Crippen LogP contribution in [-0.2, 0) is 11.3 Å². The predicted molar refractivity (Wildman–Crippen MR) is 69.6 cm³/mol. The van der Waals surface area contributed by atoms with Gasteiger partial charge in [0.1, 0.15) is 5.75 Å². The Morgan fingerprint density at radius 2 is 1.78 bits per heavy atom. The number of benzene rings is 1. The predicted octanol–water partition coefficient (Wildman–Crippen LogP) is 0.840. The molecule has 0 amide bonds. The number of carbonyl (C=O) groups is 1. The maximum atomic E-state index is 10.8. The molecule has 0 aliphatic rings. The fourth-order valence-electron chi connectivity index (χ4n) is 1.61. The molecule has 2 N–H and O–H groups in total. The van der Waals surface area contributed by atoms with E-state index >= 15 is 0 Å². The molecule has 100 valence electrons. The Labute approximate surface area is 107 Å². The zero-order valence-corrected chi connectivity index (χ0v) is 10.8. The van der Waals surface area contributed by atoms with Crippen molar-refractivity contribution < 1.29 is 15.0 Å². The van der Waals surface area contributed by atoms with Gasteiger partial charge in [-0.25, -0.2) is 0 Å². The zero-order chi connectivity index (χ0) is 13.5. The molecule has 0 heterocycles. The minimum Gasteiger partial charge on any atom is -0.508 e. The van der Waals surface area contributed by atoms with Crippen LogP contribution in [0.1, 0.15) is 5.56 Å². The lowest BCUT2D eigenvalue weighted by Crippen LogP contribution is -2.35. The molecule has 1 aromatic rings.